The lowest BCUT2D eigenvalue weighted by Crippen LogP contribution is -2.39. The highest BCUT2D eigenvalue weighted by Gasteiger charge is 2.19. The molecule has 1 atom stereocenters. The molecule has 0 spiro atoms. The Labute approximate surface area is 111 Å². The first kappa shape index (κ1) is 13.2. The van der Waals surface area contributed by atoms with Gasteiger partial charge in [-0.1, -0.05) is 0 Å². The minimum Gasteiger partial charge on any atom is -0.366 e. The van der Waals surface area contributed by atoms with E-state index in [-0.39, 0.29) is 17.4 Å². The molecule has 100 valence electrons. The summed E-state index contributed by atoms with van der Waals surface area (Å²) in [5, 5.41) is 22.8. The Hall–Kier alpha value is -2.20. The molecular formula is C12H15N5O2. The third kappa shape index (κ3) is 3.17. The molecule has 0 bridgehead atoms. The van der Waals surface area contributed by atoms with Gasteiger partial charge in [0, 0.05) is 18.7 Å². The molecule has 0 aliphatic carbocycles. The van der Waals surface area contributed by atoms with Gasteiger partial charge in [0.15, 0.2) is 0 Å². The number of nitrogens with one attached hydrogen (secondary N) is 1. The van der Waals surface area contributed by atoms with Crippen molar-refractivity contribution in [3.63, 3.8) is 0 Å². The highest BCUT2D eigenvalue weighted by atomic mass is 16.6. The molecule has 7 nitrogen and oxygen atoms in total. The standard InChI is InChI=1S/C12H15N5O2/c1-16-6-2-3-9(8-16)14-12-5-4-11(17(18)19)10(7-13)15-12/h4-5,9H,2-3,6,8H2,1H3,(H,14,15). The topological polar surface area (TPSA) is 95.1 Å². The molecule has 1 saturated heterocycles. The zero-order chi connectivity index (χ0) is 13.8. The van der Waals surface area contributed by atoms with E-state index in [4.69, 9.17) is 5.26 Å². The molecule has 1 aliphatic heterocycles. The molecule has 1 unspecified atom stereocenters. The lowest BCUT2D eigenvalue weighted by Gasteiger charge is -2.30. The van der Waals surface area contributed by atoms with Crippen LogP contribution in [0.25, 0.3) is 0 Å². The zero-order valence-corrected chi connectivity index (χ0v) is 10.7. The van der Waals surface area contributed by atoms with E-state index < -0.39 is 4.92 Å². The van der Waals surface area contributed by atoms with Crippen molar-refractivity contribution in [2.75, 3.05) is 25.5 Å². The monoisotopic (exact) mass is 261 g/mol. The smallest absolute Gasteiger partial charge is 0.305 e. The number of rotatable bonds is 3. The molecule has 2 heterocycles. The summed E-state index contributed by atoms with van der Waals surface area (Å²) in [5.74, 6) is 0.516. The number of hydrogen-bond acceptors (Lipinski definition) is 6. The highest BCUT2D eigenvalue weighted by Crippen LogP contribution is 2.20. The van der Waals surface area contributed by atoms with Gasteiger partial charge in [0.2, 0.25) is 5.69 Å². The van der Waals surface area contributed by atoms with E-state index in [2.05, 4.69) is 22.2 Å². The molecule has 1 N–H and O–H groups in total. The van der Waals surface area contributed by atoms with Crippen LogP contribution in [0.4, 0.5) is 11.5 Å². The molecule has 7 heteroatoms. The van der Waals surface area contributed by atoms with Gasteiger partial charge in [0.1, 0.15) is 11.9 Å². The summed E-state index contributed by atoms with van der Waals surface area (Å²) in [4.78, 5) is 16.3. The molecule has 0 saturated carbocycles. The second-order valence-electron chi connectivity index (χ2n) is 4.68. The van der Waals surface area contributed by atoms with Crippen molar-refractivity contribution in [3.05, 3.63) is 27.9 Å². The molecule has 1 fully saturated rings. The minimum atomic E-state index is -0.594. The van der Waals surface area contributed by atoms with Crippen LogP contribution in [0.15, 0.2) is 12.1 Å². The van der Waals surface area contributed by atoms with Crippen molar-refractivity contribution >= 4 is 11.5 Å². The maximum Gasteiger partial charge on any atom is 0.305 e. The first-order valence-electron chi connectivity index (χ1n) is 6.11. The lowest BCUT2D eigenvalue weighted by atomic mass is 10.1. The van der Waals surface area contributed by atoms with Crippen LogP contribution in [0.2, 0.25) is 0 Å². The lowest BCUT2D eigenvalue weighted by molar-refractivity contribution is -0.385. The first-order chi connectivity index (χ1) is 9.10. The summed E-state index contributed by atoms with van der Waals surface area (Å²) in [7, 11) is 2.05. The van der Waals surface area contributed by atoms with Gasteiger partial charge in [0.25, 0.3) is 0 Å². The molecule has 0 amide bonds. The van der Waals surface area contributed by atoms with Crippen molar-refractivity contribution in [3.8, 4) is 6.07 Å². The number of aromatic nitrogens is 1. The fourth-order valence-electron chi connectivity index (χ4n) is 2.26. The summed E-state index contributed by atoms with van der Waals surface area (Å²) < 4.78 is 0. The Morgan fingerprint density at radius 3 is 3.05 bits per heavy atom. The quantitative estimate of drug-likeness (QED) is 0.652. The molecule has 2 rings (SSSR count). The van der Waals surface area contributed by atoms with Crippen LogP contribution in [-0.4, -0.2) is 41.0 Å². The number of pyridine rings is 1. The SMILES string of the molecule is CN1CCCC(Nc2ccc([N+](=O)[O-])c(C#N)n2)C1. The Morgan fingerprint density at radius 2 is 2.42 bits per heavy atom. The number of likely N-dealkylation sites (N-methyl/N-ethyl adjacent to an activating group) is 1. The summed E-state index contributed by atoms with van der Waals surface area (Å²) >= 11 is 0. The second-order valence-corrected chi connectivity index (χ2v) is 4.68. The minimum absolute atomic E-state index is 0.154. The fraction of sp³-hybridized carbons (Fsp3) is 0.500. The Bertz CT molecular complexity index is 525. The van der Waals surface area contributed by atoms with E-state index in [0.29, 0.717) is 5.82 Å². The maximum absolute atomic E-state index is 10.7. The van der Waals surface area contributed by atoms with Crippen LogP contribution in [0, 0.1) is 21.4 Å². The van der Waals surface area contributed by atoms with Crippen molar-refractivity contribution < 1.29 is 4.92 Å². The largest absolute Gasteiger partial charge is 0.366 e. The summed E-state index contributed by atoms with van der Waals surface area (Å²) in [6, 6.07) is 4.89. The van der Waals surface area contributed by atoms with Crippen molar-refractivity contribution in [1.82, 2.24) is 9.88 Å². The summed E-state index contributed by atoms with van der Waals surface area (Å²) in [6.07, 6.45) is 2.14. The highest BCUT2D eigenvalue weighted by molar-refractivity contribution is 5.50. The number of likely N-dealkylation sites (tertiary alicyclic amines) is 1. The average Bonchev–Trinajstić information content (AvgIpc) is 2.38. The molecule has 0 radical (unpaired) electrons. The van der Waals surface area contributed by atoms with Gasteiger partial charge >= 0.3 is 5.69 Å². The Balaban J connectivity index is 2.13. The number of hydrogen-bond donors (Lipinski definition) is 1. The number of nitro groups is 1. The summed E-state index contributed by atoms with van der Waals surface area (Å²) in [6.45, 7) is 1.98. The first-order valence-corrected chi connectivity index (χ1v) is 6.11. The molecule has 1 aromatic heterocycles. The zero-order valence-electron chi connectivity index (χ0n) is 10.7. The van der Waals surface area contributed by atoms with E-state index in [1.807, 2.05) is 0 Å². The Morgan fingerprint density at radius 1 is 1.63 bits per heavy atom. The van der Waals surface area contributed by atoms with Crippen molar-refractivity contribution in [1.29, 1.82) is 5.26 Å². The van der Waals surface area contributed by atoms with Crippen LogP contribution < -0.4 is 5.32 Å². The molecule has 1 aromatic rings. The average molecular weight is 261 g/mol. The number of anilines is 1. The van der Waals surface area contributed by atoms with Crippen LogP contribution in [-0.2, 0) is 0 Å². The van der Waals surface area contributed by atoms with Crippen LogP contribution in [0.5, 0.6) is 0 Å². The van der Waals surface area contributed by atoms with Gasteiger partial charge in [-0.15, -0.1) is 0 Å². The Kier molecular flexibility index (Phi) is 3.92. The molecular weight excluding hydrogens is 246 g/mol. The van der Waals surface area contributed by atoms with Gasteiger partial charge in [-0.05, 0) is 32.5 Å². The van der Waals surface area contributed by atoms with Crippen LogP contribution in [0.3, 0.4) is 0 Å². The third-order valence-corrected chi connectivity index (χ3v) is 3.15. The maximum atomic E-state index is 10.7. The van der Waals surface area contributed by atoms with E-state index in [0.717, 1.165) is 25.9 Å². The number of nitriles is 1. The van der Waals surface area contributed by atoms with Gasteiger partial charge in [-0.3, -0.25) is 10.1 Å². The van der Waals surface area contributed by atoms with E-state index in [9.17, 15) is 10.1 Å². The number of piperidine rings is 1. The van der Waals surface area contributed by atoms with E-state index in [1.54, 1.807) is 12.1 Å². The number of nitrogens with zero attached hydrogens (tertiary/aromatic N) is 4. The van der Waals surface area contributed by atoms with Crippen molar-refractivity contribution in [2.45, 2.75) is 18.9 Å². The van der Waals surface area contributed by atoms with Gasteiger partial charge < -0.3 is 10.2 Å². The van der Waals surface area contributed by atoms with Crippen LogP contribution in [0.1, 0.15) is 18.5 Å². The third-order valence-electron chi connectivity index (χ3n) is 3.15. The molecule has 0 aromatic carbocycles. The second kappa shape index (κ2) is 5.63. The van der Waals surface area contributed by atoms with Gasteiger partial charge in [-0.25, -0.2) is 4.98 Å². The molecule has 1 aliphatic rings. The summed E-state index contributed by atoms with van der Waals surface area (Å²) in [5.41, 5.74) is -0.409. The predicted octanol–water partition coefficient (Wildman–Crippen LogP) is 1.37. The van der Waals surface area contributed by atoms with E-state index in [1.165, 1.54) is 6.07 Å². The van der Waals surface area contributed by atoms with Crippen molar-refractivity contribution in [2.24, 2.45) is 0 Å². The molecule has 19 heavy (non-hydrogen) atoms. The normalized spacial score (nSPS) is 19.7. The fourth-order valence-corrected chi connectivity index (χ4v) is 2.26. The van der Waals surface area contributed by atoms with Gasteiger partial charge in [0.05, 0.1) is 4.92 Å². The van der Waals surface area contributed by atoms with Crippen LogP contribution >= 0.6 is 0 Å². The van der Waals surface area contributed by atoms with E-state index >= 15 is 0 Å². The predicted molar refractivity (Wildman–Crippen MR) is 69.7 cm³/mol. The van der Waals surface area contributed by atoms with Gasteiger partial charge in [-0.2, -0.15) is 5.26 Å².